The van der Waals surface area contributed by atoms with Crippen LogP contribution in [0.5, 0.6) is 0 Å². The minimum absolute atomic E-state index is 0.0495. The van der Waals surface area contributed by atoms with E-state index >= 15 is 0 Å². The fourth-order valence-electron chi connectivity index (χ4n) is 1.94. The normalized spacial score (nSPS) is 10.3. The van der Waals surface area contributed by atoms with Gasteiger partial charge < -0.3 is 0 Å². The summed E-state index contributed by atoms with van der Waals surface area (Å²) in [6.45, 7) is 6.08. The van der Waals surface area contributed by atoms with E-state index < -0.39 is 0 Å². The summed E-state index contributed by atoms with van der Waals surface area (Å²) in [4.78, 5) is 4.22. The average molecular weight is 254 g/mol. The van der Waals surface area contributed by atoms with E-state index in [1.54, 1.807) is 0 Å². The minimum atomic E-state index is 0.0495. The molecule has 0 heterocycles. The molecule has 0 amide bonds. The molecule has 0 spiro atoms. The maximum absolute atomic E-state index is 3.85. The molecule has 0 bridgehead atoms. The maximum Gasteiger partial charge on any atom is 0.00616 e. The highest BCUT2D eigenvalue weighted by Gasteiger charge is 2.05. The third-order valence-corrected chi connectivity index (χ3v) is 5.09. The summed E-state index contributed by atoms with van der Waals surface area (Å²) in [7, 11) is 0.0495. The number of benzene rings is 2. The van der Waals surface area contributed by atoms with Gasteiger partial charge in [0, 0.05) is 9.79 Å². The lowest BCUT2D eigenvalue weighted by Crippen LogP contribution is -1.92. The SMILES string of the molecule is C=CCC(C)=S(c1ccccc1)c1ccccc1. The van der Waals surface area contributed by atoms with Gasteiger partial charge in [-0.05, 0) is 42.5 Å². The summed E-state index contributed by atoms with van der Waals surface area (Å²) in [5.41, 5.74) is 0. The van der Waals surface area contributed by atoms with Crippen molar-refractivity contribution in [3.05, 3.63) is 73.3 Å². The summed E-state index contributed by atoms with van der Waals surface area (Å²) in [6.07, 6.45) is 2.95. The van der Waals surface area contributed by atoms with Crippen LogP contribution in [0.3, 0.4) is 0 Å². The molecule has 0 aliphatic rings. The molecule has 0 fully saturated rings. The third-order valence-electron chi connectivity index (χ3n) is 2.74. The summed E-state index contributed by atoms with van der Waals surface area (Å²) in [6, 6.07) is 21.4. The molecule has 0 unspecified atom stereocenters. The van der Waals surface area contributed by atoms with Gasteiger partial charge in [0.15, 0.2) is 0 Å². The van der Waals surface area contributed by atoms with E-state index in [2.05, 4.69) is 74.2 Å². The molecule has 2 aromatic carbocycles. The molecular weight excluding hydrogens is 236 g/mol. The second kappa shape index (κ2) is 6.36. The van der Waals surface area contributed by atoms with Gasteiger partial charge in [0.1, 0.15) is 0 Å². The smallest absolute Gasteiger partial charge is 0.00616 e. The van der Waals surface area contributed by atoms with Crippen molar-refractivity contribution >= 4 is 15.3 Å². The van der Waals surface area contributed by atoms with Crippen LogP contribution in [0, 0.1) is 0 Å². The third kappa shape index (κ3) is 2.99. The summed E-state index contributed by atoms with van der Waals surface area (Å²) < 4.78 is 0. The molecule has 0 N–H and O–H groups in total. The number of hydrogen-bond donors (Lipinski definition) is 0. The molecule has 0 saturated carbocycles. The summed E-state index contributed by atoms with van der Waals surface area (Å²) in [5.74, 6) is 0. The van der Waals surface area contributed by atoms with Gasteiger partial charge in [0.2, 0.25) is 0 Å². The van der Waals surface area contributed by atoms with Gasteiger partial charge in [0.25, 0.3) is 0 Å². The highest BCUT2D eigenvalue weighted by atomic mass is 32.2. The molecule has 18 heavy (non-hydrogen) atoms. The topological polar surface area (TPSA) is 0 Å². The van der Waals surface area contributed by atoms with E-state index in [0.717, 1.165) is 6.42 Å². The van der Waals surface area contributed by atoms with Gasteiger partial charge in [-0.15, -0.1) is 17.1 Å². The Balaban J connectivity index is 2.56. The Kier molecular flexibility index (Phi) is 4.54. The van der Waals surface area contributed by atoms with E-state index in [9.17, 15) is 0 Å². The van der Waals surface area contributed by atoms with Gasteiger partial charge in [-0.1, -0.05) is 42.5 Å². The van der Waals surface area contributed by atoms with Crippen LogP contribution in [-0.2, 0) is 0 Å². The molecule has 2 rings (SSSR count). The van der Waals surface area contributed by atoms with Crippen LogP contribution < -0.4 is 0 Å². The van der Waals surface area contributed by atoms with Crippen LogP contribution >= 0.6 is 10.5 Å². The number of rotatable bonds is 4. The molecule has 2 aromatic rings. The molecule has 0 saturated heterocycles. The van der Waals surface area contributed by atoms with Crippen molar-refractivity contribution in [2.24, 2.45) is 0 Å². The average Bonchev–Trinajstić information content (AvgIpc) is 2.42. The van der Waals surface area contributed by atoms with E-state index in [-0.39, 0.29) is 10.5 Å². The summed E-state index contributed by atoms with van der Waals surface area (Å²) in [5, 5.41) is 0. The van der Waals surface area contributed by atoms with Crippen molar-refractivity contribution in [3.63, 3.8) is 0 Å². The van der Waals surface area contributed by atoms with E-state index in [4.69, 9.17) is 0 Å². The fourth-order valence-corrected chi connectivity index (χ4v) is 4.16. The second-order valence-electron chi connectivity index (χ2n) is 4.13. The van der Waals surface area contributed by atoms with E-state index in [1.165, 1.54) is 14.7 Å². The highest BCUT2D eigenvalue weighted by Crippen LogP contribution is 2.37. The maximum atomic E-state index is 3.85. The largest absolute Gasteiger partial charge is 0.124 e. The van der Waals surface area contributed by atoms with Gasteiger partial charge in [-0.2, -0.15) is 0 Å². The minimum Gasteiger partial charge on any atom is -0.124 e. The van der Waals surface area contributed by atoms with Crippen LogP contribution in [0.15, 0.2) is 83.1 Å². The quantitative estimate of drug-likeness (QED) is 0.523. The Morgan fingerprint density at radius 3 is 1.78 bits per heavy atom. The second-order valence-corrected chi connectivity index (χ2v) is 6.38. The molecule has 0 aliphatic heterocycles. The molecule has 0 nitrogen and oxygen atoms in total. The Morgan fingerprint density at radius 1 is 0.944 bits per heavy atom. The predicted octanol–water partition coefficient (Wildman–Crippen LogP) is 5.14. The van der Waals surface area contributed by atoms with Crippen LogP contribution in [-0.4, -0.2) is 4.86 Å². The Hall–Kier alpha value is -1.60. The van der Waals surface area contributed by atoms with Gasteiger partial charge in [0.05, 0.1) is 0 Å². The van der Waals surface area contributed by atoms with Gasteiger partial charge in [-0.3, -0.25) is 0 Å². The van der Waals surface area contributed by atoms with Crippen LogP contribution in [0.2, 0.25) is 0 Å². The molecule has 92 valence electrons. The number of allylic oxidation sites excluding steroid dienone is 1. The lowest BCUT2D eigenvalue weighted by molar-refractivity contribution is 1.39. The number of hydrogen-bond acceptors (Lipinski definition) is 0. The highest BCUT2D eigenvalue weighted by molar-refractivity contribution is 8.16. The van der Waals surface area contributed by atoms with E-state index in [1.807, 2.05) is 6.08 Å². The summed E-state index contributed by atoms with van der Waals surface area (Å²) >= 11 is 0. The first-order chi connectivity index (χ1) is 8.83. The van der Waals surface area contributed by atoms with Crippen molar-refractivity contribution in [1.82, 2.24) is 0 Å². The Morgan fingerprint density at radius 2 is 1.39 bits per heavy atom. The van der Waals surface area contributed by atoms with Crippen LogP contribution in [0.4, 0.5) is 0 Å². The standard InChI is InChI=1S/C17H18S/c1-3-10-15(2)18(16-11-6-4-7-12-16)17-13-8-5-9-14-17/h3-9,11-14H,1,10H2,2H3. The lowest BCUT2D eigenvalue weighted by atomic mass is 10.3. The van der Waals surface area contributed by atoms with Crippen molar-refractivity contribution in [2.75, 3.05) is 0 Å². The first-order valence-corrected chi connectivity index (χ1v) is 7.33. The zero-order chi connectivity index (χ0) is 12.8. The molecule has 0 atom stereocenters. The monoisotopic (exact) mass is 254 g/mol. The van der Waals surface area contributed by atoms with Crippen molar-refractivity contribution in [3.8, 4) is 0 Å². The van der Waals surface area contributed by atoms with Gasteiger partial charge in [-0.25, -0.2) is 0 Å². The fraction of sp³-hybridized carbons (Fsp3) is 0.118. The molecular formula is C17H18S. The Bertz CT molecular complexity index is 497. The lowest BCUT2D eigenvalue weighted by Gasteiger charge is -2.14. The van der Waals surface area contributed by atoms with E-state index in [0.29, 0.717) is 0 Å². The molecule has 0 radical (unpaired) electrons. The molecule has 0 aliphatic carbocycles. The zero-order valence-corrected chi connectivity index (χ0v) is 11.5. The zero-order valence-electron chi connectivity index (χ0n) is 10.7. The first-order valence-electron chi connectivity index (χ1n) is 6.10. The van der Waals surface area contributed by atoms with Crippen LogP contribution in [0.1, 0.15) is 13.3 Å². The predicted molar refractivity (Wildman–Crippen MR) is 82.5 cm³/mol. The van der Waals surface area contributed by atoms with Crippen molar-refractivity contribution in [2.45, 2.75) is 23.1 Å². The van der Waals surface area contributed by atoms with Crippen LogP contribution in [0.25, 0.3) is 0 Å². The molecule has 0 aromatic heterocycles. The Labute approximate surface area is 112 Å². The first kappa shape index (κ1) is 12.8. The van der Waals surface area contributed by atoms with Gasteiger partial charge >= 0.3 is 0 Å². The van der Waals surface area contributed by atoms with Crippen molar-refractivity contribution < 1.29 is 0 Å². The van der Waals surface area contributed by atoms with Crippen molar-refractivity contribution in [1.29, 1.82) is 0 Å². The molecule has 1 heteroatoms.